The summed E-state index contributed by atoms with van der Waals surface area (Å²) in [5, 5.41) is 9.31. The van der Waals surface area contributed by atoms with Crippen LogP contribution in [-0.4, -0.2) is 41.7 Å². The van der Waals surface area contributed by atoms with Crippen LogP contribution in [0.4, 0.5) is 0 Å². The highest BCUT2D eigenvalue weighted by atomic mass is 16.5. The van der Waals surface area contributed by atoms with E-state index in [2.05, 4.69) is 4.90 Å². The van der Waals surface area contributed by atoms with Gasteiger partial charge in [-0.25, -0.2) is 0 Å². The van der Waals surface area contributed by atoms with Crippen molar-refractivity contribution in [2.24, 2.45) is 0 Å². The standard InChI is InChI=1S/C15H19NO3/c17-13-3-1-11(2-4-13)12-5-8-16(9-6-12)14-7-10-19-15(14)18/h1-4,12,14,17H,5-10H2. The van der Waals surface area contributed by atoms with Crippen molar-refractivity contribution in [3.63, 3.8) is 0 Å². The molecule has 0 amide bonds. The van der Waals surface area contributed by atoms with Gasteiger partial charge in [-0.1, -0.05) is 12.1 Å². The molecule has 4 heteroatoms. The molecule has 0 bridgehead atoms. The zero-order chi connectivity index (χ0) is 13.2. The van der Waals surface area contributed by atoms with E-state index < -0.39 is 0 Å². The van der Waals surface area contributed by atoms with E-state index in [1.165, 1.54) is 5.56 Å². The van der Waals surface area contributed by atoms with Crippen LogP contribution in [0.5, 0.6) is 5.75 Å². The third-order valence-electron chi connectivity index (χ3n) is 4.24. The molecule has 1 aromatic carbocycles. The van der Waals surface area contributed by atoms with Crippen LogP contribution in [0.15, 0.2) is 24.3 Å². The molecular weight excluding hydrogens is 242 g/mol. The number of phenolic OH excluding ortho intramolecular Hbond substituents is 1. The summed E-state index contributed by atoms with van der Waals surface area (Å²) in [5.41, 5.74) is 1.28. The first kappa shape index (κ1) is 12.5. The summed E-state index contributed by atoms with van der Waals surface area (Å²) in [6, 6.07) is 7.48. The molecule has 0 aliphatic carbocycles. The highest BCUT2D eigenvalue weighted by Crippen LogP contribution is 2.30. The first-order valence-corrected chi connectivity index (χ1v) is 6.93. The molecule has 2 heterocycles. The number of carbonyl (C=O) groups is 1. The Balaban J connectivity index is 1.60. The molecule has 19 heavy (non-hydrogen) atoms. The number of likely N-dealkylation sites (tertiary alicyclic amines) is 1. The Hall–Kier alpha value is -1.55. The van der Waals surface area contributed by atoms with Gasteiger partial charge in [-0.3, -0.25) is 9.69 Å². The van der Waals surface area contributed by atoms with Crippen LogP contribution in [0.2, 0.25) is 0 Å². The van der Waals surface area contributed by atoms with E-state index in [0.29, 0.717) is 18.3 Å². The van der Waals surface area contributed by atoms with Gasteiger partial charge in [0.05, 0.1) is 6.61 Å². The monoisotopic (exact) mass is 261 g/mol. The Morgan fingerprint density at radius 3 is 2.37 bits per heavy atom. The Labute approximate surface area is 113 Å². The fourth-order valence-electron chi connectivity index (χ4n) is 3.11. The van der Waals surface area contributed by atoms with Gasteiger partial charge in [-0.05, 0) is 49.5 Å². The lowest BCUT2D eigenvalue weighted by Gasteiger charge is -2.34. The number of carbonyl (C=O) groups excluding carboxylic acids is 1. The third-order valence-corrected chi connectivity index (χ3v) is 4.24. The van der Waals surface area contributed by atoms with Crippen molar-refractivity contribution in [2.45, 2.75) is 31.2 Å². The summed E-state index contributed by atoms with van der Waals surface area (Å²) in [4.78, 5) is 13.8. The number of aromatic hydroxyl groups is 1. The Morgan fingerprint density at radius 2 is 1.79 bits per heavy atom. The maximum Gasteiger partial charge on any atom is 0.323 e. The molecule has 0 spiro atoms. The van der Waals surface area contributed by atoms with Gasteiger partial charge in [0.1, 0.15) is 11.8 Å². The van der Waals surface area contributed by atoms with Gasteiger partial charge in [0.25, 0.3) is 0 Å². The summed E-state index contributed by atoms with van der Waals surface area (Å²) in [6.07, 6.45) is 2.96. The molecule has 1 unspecified atom stereocenters. The number of piperidine rings is 1. The summed E-state index contributed by atoms with van der Waals surface area (Å²) in [5.74, 6) is 0.798. The molecule has 2 aliphatic rings. The average Bonchev–Trinajstić information content (AvgIpc) is 2.86. The maximum atomic E-state index is 11.6. The molecule has 0 radical (unpaired) electrons. The molecule has 2 saturated heterocycles. The lowest BCUT2D eigenvalue weighted by Crippen LogP contribution is -2.43. The highest BCUT2D eigenvalue weighted by Gasteiger charge is 2.34. The van der Waals surface area contributed by atoms with Crippen LogP contribution in [0, 0.1) is 0 Å². The maximum absolute atomic E-state index is 11.6. The van der Waals surface area contributed by atoms with Crippen LogP contribution in [0.3, 0.4) is 0 Å². The van der Waals surface area contributed by atoms with Crippen LogP contribution in [0.25, 0.3) is 0 Å². The first-order chi connectivity index (χ1) is 9.24. The van der Waals surface area contributed by atoms with Crippen LogP contribution >= 0.6 is 0 Å². The van der Waals surface area contributed by atoms with Gasteiger partial charge in [0, 0.05) is 6.42 Å². The average molecular weight is 261 g/mol. The van der Waals surface area contributed by atoms with E-state index in [1.54, 1.807) is 12.1 Å². The number of cyclic esters (lactones) is 1. The SMILES string of the molecule is O=C1OCCC1N1CCC(c2ccc(O)cc2)CC1. The largest absolute Gasteiger partial charge is 0.508 e. The van der Waals surface area contributed by atoms with Crippen LogP contribution < -0.4 is 0 Å². The normalized spacial score (nSPS) is 25.5. The van der Waals surface area contributed by atoms with Gasteiger partial charge in [0.15, 0.2) is 0 Å². The van der Waals surface area contributed by atoms with Crippen molar-refractivity contribution in [1.82, 2.24) is 4.90 Å². The van der Waals surface area contributed by atoms with Crippen molar-refractivity contribution in [2.75, 3.05) is 19.7 Å². The van der Waals surface area contributed by atoms with Gasteiger partial charge < -0.3 is 9.84 Å². The van der Waals surface area contributed by atoms with Gasteiger partial charge in [-0.15, -0.1) is 0 Å². The van der Waals surface area contributed by atoms with Crippen molar-refractivity contribution in [1.29, 1.82) is 0 Å². The van der Waals surface area contributed by atoms with E-state index in [4.69, 9.17) is 4.74 Å². The van der Waals surface area contributed by atoms with E-state index in [1.807, 2.05) is 12.1 Å². The lowest BCUT2D eigenvalue weighted by molar-refractivity contribution is -0.142. The molecule has 0 saturated carbocycles. The number of hydrogen-bond donors (Lipinski definition) is 1. The lowest BCUT2D eigenvalue weighted by atomic mass is 9.89. The van der Waals surface area contributed by atoms with Gasteiger partial charge in [-0.2, -0.15) is 0 Å². The Bertz CT molecular complexity index is 449. The molecule has 4 nitrogen and oxygen atoms in total. The topological polar surface area (TPSA) is 49.8 Å². The Kier molecular flexibility index (Phi) is 3.42. The van der Waals surface area contributed by atoms with E-state index in [9.17, 15) is 9.90 Å². The number of benzene rings is 1. The van der Waals surface area contributed by atoms with Crippen molar-refractivity contribution < 1.29 is 14.6 Å². The minimum atomic E-state index is -0.0527. The zero-order valence-electron chi connectivity index (χ0n) is 10.9. The second-order valence-corrected chi connectivity index (χ2v) is 5.37. The molecule has 102 valence electrons. The van der Waals surface area contributed by atoms with Crippen molar-refractivity contribution >= 4 is 5.97 Å². The minimum absolute atomic E-state index is 0.0132. The molecule has 1 aromatic rings. The molecule has 2 aliphatic heterocycles. The van der Waals surface area contributed by atoms with E-state index in [0.717, 1.165) is 32.4 Å². The second kappa shape index (κ2) is 5.21. The number of nitrogens with zero attached hydrogens (tertiary/aromatic N) is 1. The van der Waals surface area contributed by atoms with Crippen molar-refractivity contribution in [3.8, 4) is 5.75 Å². The summed E-state index contributed by atoms with van der Waals surface area (Å²) >= 11 is 0. The molecule has 3 rings (SSSR count). The molecule has 1 atom stereocenters. The summed E-state index contributed by atoms with van der Waals surface area (Å²) < 4.78 is 5.03. The van der Waals surface area contributed by atoms with Crippen molar-refractivity contribution in [3.05, 3.63) is 29.8 Å². The molecule has 0 aromatic heterocycles. The predicted molar refractivity (Wildman–Crippen MR) is 71.0 cm³/mol. The van der Waals surface area contributed by atoms with Crippen LogP contribution in [-0.2, 0) is 9.53 Å². The number of esters is 1. The van der Waals surface area contributed by atoms with Gasteiger partial charge >= 0.3 is 5.97 Å². The fraction of sp³-hybridized carbons (Fsp3) is 0.533. The number of ether oxygens (including phenoxy) is 1. The fourth-order valence-corrected chi connectivity index (χ4v) is 3.11. The quantitative estimate of drug-likeness (QED) is 0.826. The minimum Gasteiger partial charge on any atom is -0.508 e. The zero-order valence-corrected chi connectivity index (χ0v) is 10.9. The second-order valence-electron chi connectivity index (χ2n) is 5.37. The summed E-state index contributed by atoms with van der Waals surface area (Å²) in [7, 11) is 0. The third kappa shape index (κ3) is 2.59. The predicted octanol–water partition coefficient (Wildman–Crippen LogP) is 1.89. The summed E-state index contributed by atoms with van der Waals surface area (Å²) in [6.45, 7) is 2.47. The highest BCUT2D eigenvalue weighted by molar-refractivity contribution is 5.77. The number of phenols is 1. The molecule has 2 fully saturated rings. The first-order valence-electron chi connectivity index (χ1n) is 6.93. The Morgan fingerprint density at radius 1 is 1.11 bits per heavy atom. The van der Waals surface area contributed by atoms with Crippen LogP contribution in [0.1, 0.15) is 30.7 Å². The number of rotatable bonds is 2. The number of hydrogen-bond acceptors (Lipinski definition) is 4. The smallest absolute Gasteiger partial charge is 0.323 e. The van der Waals surface area contributed by atoms with Gasteiger partial charge in [0.2, 0.25) is 0 Å². The molecule has 1 N–H and O–H groups in total. The molecular formula is C15H19NO3. The van der Waals surface area contributed by atoms with E-state index >= 15 is 0 Å². The van der Waals surface area contributed by atoms with E-state index in [-0.39, 0.29) is 12.0 Å².